The molecular formula is C61H105NO5. The standard InChI is InChI=1S/C61H105NO5/c1-4-7-10-13-16-19-22-25-28-29-30-31-33-36-39-42-45-48-51-54-61(66)67-57(52-49-46-43-40-37-34-32-26-23-20-17-14-11-8-5-2)55-60(65)62-58(56-63)59(64)53-50-47-44-41-38-35-27-24-21-18-15-12-9-6-3/h8,11,16-17,19-20,25-26,28,30-32,37,40,46,49,57-59,63-64H,4-7,9-10,12-15,18,21-24,27,29,33-36,38-39,41-45,47-48,50-56H2,1-3H3,(H,62,65)/b11-8-,19-16-,20-17-,28-25-,31-30-,32-26-,40-37-,49-46-. The van der Waals surface area contributed by atoms with Crippen LogP contribution in [0.1, 0.15) is 252 Å². The molecule has 0 spiro atoms. The molecule has 6 heteroatoms. The second-order valence-corrected chi connectivity index (χ2v) is 18.6. The van der Waals surface area contributed by atoms with E-state index < -0.39 is 18.2 Å². The predicted octanol–water partition coefficient (Wildman–Crippen LogP) is 17.3. The fourth-order valence-electron chi connectivity index (χ4n) is 7.93. The van der Waals surface area contributed by atoms with Gasteiger partial charge in [-0.05, 0) is 83.5 Å². The lowest BCUT2D eigenvalue weighted by molar-refractivity contribution is -0.150. The number of nitrogens with one attached hydrogen (secondary N) is 1. The van der Waals surface area contributed by atoms with Gasteiger partial charge >= 0.3 is 5.97 Å². The van der Waals surface area contributed by atoms with Gasteiger partial charge in [-0.15, -0.1) is 0 Å². The van der Waals surface area contributed by atoms with E-state index in [1.807, 2.05) is 12.2 Å². The van der Waals surface area contributed by atoms with Gasteiger partial charge < -0.3 is 20.3 Å². The highest BCUT2D eigenvalue weighted by Gasteiger charge is 2.23. The summed E-state index contributed by atoms with van der Waals surface area (Å²) in [5.74, 6) is -0.597. The van der Waals surface area contributed by atoms with Gasteiger partial charge in [0.05, 0.1) is 25.2 Å². The number of hydrogen-bond donors (Lipinski definition) is 3. The van der Waals surface area contributed by atoms with E-state index in [0.29, 0.717) is 19.3 Å². The van der Waals surface area contributed by atoms with Crippen molar-refractivity contribution in [2.75, 3.05) is 6.61 Å². The predicted molar refractivity (Wildman–Crippen MR) is 291 cm³/mol. The zero-order chi connectivity index (χ0) is 48.8. The topological polar surface area (TPSA) is 95.9 Å². The summed E-state index contributed by atoms with van der Waals surface area (Å²) in [5.41, 5.74) is 0. The average Bonchev–Trinajstić information content (AvgIpc) is 3.32. The fraction of sp³-hybridized carbons (Fsp3) is 0.705. The lowest BCUT2D eigenvalue weighted by atomic mass is 10.0. The van der Waals surface area contributed by atoms with E-state index in [1.54, 1.807) is 0 Å². The zero-order valence-electron chi connectivity index (χ0n) is 43.8. The molecule has 0 aromatic carbocycles. The Balaban J connectivity index is 4.71. The van der Waals surface area contributed by atoms with E-state index in [2.05, 4.69) is 111 Å². The number of unbranched alkanes of at least 4 members (excludes halogenated alkanes) is 22. The van der Waals surface area contributed by atoms with Crippen LogP contribution < -0.4 is 5.32 Å². The van der Waals surface area contributed by atoms with Crippen molar-refractivity contribution in [3.63, 3.8) is 0 Å². The summed E-state index contributed by atoms with van der Waals surface area (Å²) >= 11 is 0. The summed E-state index contributed by atoms with van der Waals surface area (Å²) in [6.45, 7) is 6.32. The van der Waals surface area contributed by atoms with Crippen LogP contribution in [0, 0.1) is 0 Å². The van der Waals surface area contributed by atoms with Crippen molar-refractivity contribution in [2.24, 2.45) is 0 Å². The maximum Gasteiger partial charge on any atom is 0.306 e. The van der Waals surface area contributed by atoms with E-state index >= 15 is 0 Å². The number of amides is 1. The number of ether oxygens (including phenoxy) is 1. The number of aliphatic hydroxyl groups is 2. The van der Waals surface area contributed by atoms with Crippen LogP contribution >= 0.6 is 0 Å². The van der Waals surface area contributed by atoms with Gasteiger partial charge in [-0.2, -0.15) is 0 Å². The van der Waals surface area contributed by atoms with E-state index in [0.717, 1.165) is 96.3 Å². The molecule has 0 aromatic heterocycles. The van der Waals surface area contributed by atoms with E-state index in [-0.39, 0.29) is 24.9 Å². The number of esters is 1. The zero-order valence-corrected chi connectivity index (χ0v) is 43.8. The van der Waals surface area contributed by atoms with E-state index in [1.165, 1.54) is 109 Å². The van der Waals surface area contributed by atoms with Crippen molar-refractivity contribution in [1.82, 2.24) is 5.32 Å². The molecule has 0 radical (unpaired) electrons. The van der Waals surface area contributed by atoms with Crippen LogP contribution in [-0.2, 0) is 14.3 Å². The first-order chi connectivity index (χ1) is 33.0. The van der Waals surface area contributed by atoms with Crippen LogP contribution in [0.15, 0.2) is 97.2 Å². The van der Waals surface area contributed by atoms with Crippen molar-refractivity contribution >= 4 is 11.9 Å². The number of carbonyl (C=O) groups excluding carboxylic acids is 2. The van der Waals surface area contributed by atoms with Gasteiger partial charge in [0.2, 0.25) is 5.91 Å². The number of allylic oxidation sites excluding steroid dienone is 15. The highest BCUT2D eigenvalue weighted by Crippen LogP contribution is 2.16. The first-order valence-corrected chi connectivity index (χ1v) is 28.0. The van der Waals surface area contributed by atoms with Gasteiger partial charge in [0, 0.05) is 12.8 Å². The number of rotatable bonds is 49. The molecule has 384 valence electrons. The average molecular weight is 933 g/mol. The molecule has 3 atom stereocenters. The van der Waals surface area contributed by atoms with Gasteiger partial charge in [-0.25, -0.2) is 0 Å². The quantitative estimate of drug-likeness (QED) is 0.0321. The highest BCUT2D eigenvalue weighted by atomic mass is 16.5. The monoisotopic (exact) mass is 932 g/mol. The fourth-order valence-corrected chi connectivity index (χ4v) is 7.93. The number of aliphatic hydroxyl groups excluding tert-OH is 2. The normalized spacial score (nSPS) is 13.9. The molecule has 0 saturated heterocycles. The largest absolute Gasteiger partial charge is 0.461 e. The molecule has 0 saturated carbocycles. The van der Waals surface area contributed by atoms with Gasteiger partial charge in [0.15, 0.2) is 0 Å². The Morgan fingerprint density at radius 1 is 0.463 bits per heavy atom. The first kappa shape index (κ1) is 63.8. The number of hydrogen-bond acceptors (Lipinski definition) is 5. The van der Waals surface area contributed by atoms with Crippen molar-refractivity contribution in [3.05, 3.63) is 97.2 Å². The Hall–Kier alpha value is -3.22. The summed E-state index contributed by atoms with van der Waals surface area (Å²) < 4.78 is 5.88. The molecule has 3 unspecified atom stereocenters. The molecule has 67 heavy (non-hydrogen) atoms. The summed E-state index contributed by atoms with van der Waals surface area (Å²) in [7, 11) is 0. The molecule has 6 nitrogen and oxygen atoms in total. The Bertz CT molecular complexity index is 1320. The summed E-state index contributed by atoms with van der Waals surface area (Å²) in [6.07, 6.45) is 72.0. The smallest absolute Gasteiger partial charge is 0.306 e. The Morgan fingerprint density at radius 3 is 1.30 bits per heavy atom. The minimum atomic E-state index is -0.820. The van der Waals surface area contributed by atoms with Gasteiger partial charge in [-0.1, -0.05) is 246 Å². The van der Waals surface area contributed by atoms with Crippen molar-refractivity contribution in [2.45, 2.75) is 270 Å². The van der Waals surface area contributed by atoms with Crippen LogP contribution in [0.5, 0.6) is 0 Å². The molecule has 1 amide bonds. The second kappa shape index (κ2) is 53.7. The molecule has 0 bridgehead atoms. The minimum Gasteiger partial charge on any atom is -0.461 e. The summed E-state index contributed by atoms with van der Waals surface area (Å²) in [5, 5.41) is 23.8. The second-order valence-electron chi connectivity index (χ2n) is 18.6. The molecule has 3 N–H and O–H groups in total. The van der Waals surface area contributed by atoms with Crippen molar-refractivity contribution < 1.29 is 24.5 Å². The van der Waals surface area contributed by atoms with Gasteiger partial charge in [0.25, 0.3) is 0 Å². The molecule has 0 aliphatic rings. The molecule has 0 aromatic rings. The molecule has 0 aliphatic heterocycles. The Kier molecular flexibility index (Phi) is 51.1. The van der Waals surface area contributed by atoms with Crippen LogP contribution in [0.2, 0.25) is 0 Å². The molecule has 0 rings (SSSR count). The third kappa shape index (κ3) is 49.0. The SMILES string of the molecule is CC/C=C\C/C=C\C/C=C\C/C=C\C/C=C\CC(CC(=O)NC(CO)C(O)CCCCCCCCCCCCCCCC)OC(=O)CCCCCCCC/C=C\C/C=C\C/C=C\CCCCC. The van der Waals surface area contributed by atoms with Crippen molar-refractivity contribution in [1.29, 1.82) is 0 Å². The minimum absolute atomic E-state index is 0.0105. The van der Waals surface area contributed by atoms with Gasteiger partial charge in [-0.3, -0.25) is 9.59 Å². The molecule has 0 heterocycles. The molecule has 0 aliphatic carbocycles. The Morgan fingerprint density at radius 2 is 0.836 bits per heavy atom. The highest BCUT2D eigenvalue weighted by molar-refractivity contribution is 5.77. The maximum atomic E-state index is 13.2. The number of carbonyl (C=O) groups is 2. The van der Waals surface area contributed by atoms with E-state index in [4.69, 9.17) is 4.74 Å². The third-order valence-electron chi connectivity index (χ3n) is 12.1. The van der Waals surface area contributed by atoms with E-state index in [9.17, 15) is 19.8 Å². The summed E-state index contributed by atoms with van der Waals surface area (Å²) in [6, 6.07) is -0.741. The Labute approximate surface area is 414 Å². The molecular weight excluding hydrogens is 827 g/mol. The van der Waals surface area contributed by atoms with Crippen LogP contribution in [0.3, 0.4) is 0 Å². The van der Waals surface area contributed by atoms with Crippen molar-refractivity contribution in [3.8, 4) is 0 Å². The lowest BCUT2D eigenvalue weighted by Crippen LogP contribution is -2.46. The lowest BCUT2D eigenvalue weighted by Gasteiger charge is -2.24. The van der Waals surface area contributed by atoms with Crippen LogP contribution in [0.25, 0.3) is 0 Å². The third-order valence-corrected chi connectivity index (χ3v) is 12.1. The van der Waals surface area contributed by atoms with Crippen LogP contribution in [0.4, 0.5) is 0 Å². The maximum absolute atomic E-state index is 13.2. The summed E-state index contributed by atoms with van der Waals surface area (Å²) in [4.78, 5) is 26.2. The molecule has 0 fully saturated rings. The van der Waals surface area contributed by atoms with Gasteiger partial charge in [0.1, 0.15) is 6.10 Å². The van der Waals surface area contributed by atoms with Crippen LogP contribution in [-0.4, -0.2) is 46.9 Å². The first-order valence-electron chi connectivity index (χ1n) is 28.0.